The molecule has 0 bridgehead atoms. The summed E-state index contributed by atoms with van der Waals surface area (Å²) in [4.78, 5) is 14.9. The van der Waals surface area contributed by atoms with E-state index in [-0.39, 0.29) is 11.9 Å². The minimum atomic E-state index is -0.0113. The summed E-state index contributed by atoms with van der Waals surface area (Å²) >= 11 is 5.79. The number of piperidine rings is 1. The molecule has 0 aliphatic carbocycles. The Kier molecular flexibility index (Phi) is 6.07. The molecule has 1 aromatic carbocycles. The molecule has 1 atom stereocenters. The molecule has 1 N–H and O–H groups in total. The topological polar surface area (TPSA) is 32.3 Å². The first-order valence-electron chi connectivity index (χ1n) is 7.79. The molecule has 0 saturated carbocycles. The zero-order valence-electron chi connectivity index (χ0n) is 13.0. The number of amides is 1. The van der Waals surface area contributed by atoms with Crippen LogP contribution in [-0.4, -0.2) is 35.8 Å². The average Bonchev–Trinajstić information content (AvgIpc) is 2.44. The van der Waals surface area contributed by atoms with E-state index in [1.165, 1.54) is 17.5 Å². The van der Waals surface area contributed by atoms with Gasteiger partial charge in [-0.3, -0.25) is 9.69 Å². The maximum Gasteiger partial charge on any atom is 0.241 e. The lowest BCUT2D eigenvalue weighted by molar-refractivity contribution is -0.122. The molecule has 1 amide bonds. The van der Waals surface area contributed by atoms with Crippen LogP contribution in [0, 0.1) is 13.8 Å². The molecule has 0 aromatic heterocycles. The van der Waals surface area contributed by atoms with Crippen molar-refractivity contribution in [2.24, 2.45) is 0 Å². The first-order valence-corrected chi connectivity index (χ1v) is 8.33. The fourth-order valence-electron chi connectivity index (χ4n) is 3.09. The summed E-state index contributed by atoms with van der Waals surface area (Å²) in [5.74, 6) is 0.774. The van der Waals surface area contributed by atoms with Gasteiger partial charge in [0.2, 0.25) is 5.91 Å². The van der Waals surface area contributed by atoms with E-state index in [0.29, 0.717) is 5.88 Å². The highest BCUT2D eigenvalue weighted by Gasteiger charge is 2.28. The van der Waals surface area contributed by atoms with Crippen molar-refractivity contribution in [2.75, 3.05) is 24.3 Å². The fourth-order valence-corrected chi connectivity index (χ4v) is 3.21. The number of aryl methyl sites for hydroxylation is 2. The van der Waals surface area contributed by atoms with Gasteiger partial charge in [-0.2, -0.15) is 0 Å². The molecule has 1 heterocycles. The number of nitrogens with one attached hydrogen (secondary N) is 1. The molecule has 116 valence electrons. The molecule has 1 fully saturated rings. The molecule has 1 unspecified atom stereocenters. The Hall–Kier alpha value is -1.06. The highest BCUT2D eigenvalue weighted by atomic mass is 35.5. The van der Waals surface area contributed by atoms with Crippen LogP contribution >= 0.6 is 11.6 Å². The number of hydrogen-bond acceptors (Lipinski definition) is 2. The quantitative estimate of drug-likeness (QED) is 0.841. The van der Waals surface area contributed by atoms with Crippen LogP contribution in [0.25, 0.3) is 0 Å². The molecule has 4 heteroatoms. The number of anilines is 1. The van der Waals surface area contributed by atoms with E-state index in [1.54, 1.807) is 0 Å². The fraction of sp³-hybridized carbons (Fsp3) is 0.588. The van der Waals surface area contributed by atoms with E-state index < -0.39 is 0 Å². The van der Waals surface area contributed by atoms with Gasteiger partial charge in [0, 0.05) is 18.1 Å². The van der Waals surface area contributed by atoms with Crippen LogP contribution < -0.4 is 5.32 Å². The van der Waals surface area contributed by atoms with Crippen molar-refractivity contribution < 1.29 is 4.79 Å². The Morgan fingerprint density at radius 1 is 1.29 bits per heavy atom. The predicted molar refractivity (Wildman–Crippen MR) is 89.1 cm³/mol. The lowest BCUT2D eigenvalue weighted by Gasteiger charge is -2.34. The maximum absolute atomic E-state index is 12.6. The second-order valence-electron chi connectivity index (χ2n) is 5.96. The summed E-state index contributed by atoms with van der Waals surface area (Å²) in [6, 6.07) is 6.15. The highest BCUT2D eigenvalue weighted by Crippen LogP contribution is 2.20. The molecule has 2 rings (SSSR count). The molecular weight excluding hydrogens is 284 g/mol. The molecule has 3 nitrogen and oxygen atoms in total. The van der Waals surface area contributed by atoms with E-state index in [9.17, 15) is 4.79 Å². The average molecular weight is 309 g/mol. The number of halogens is 1. The van der Waals surface area contributed by atoms with Crippen LogP contribution in [0.3, 0.4) is 0 Å². The van der Waals surface area contributed by atoms with Gasteiger partial charge in [0.1, 0.15) is 0 Å². The van der Waals surface area contributed by atoms with E-state index >= 15 is 0 Å². The Balaban J connectivity index is 2.02. The molecule has 0 radical (unpaired) electrons. The largest absolute Gasteiger partial charge is 0.325 e. The lowest BCUT2D eigenvalue weighted by Crippen LogP contribution is -2.47. The van der Waals surface area contributed by atoms with Crippen LogP contribution in [-0.2, 0) is 4.79 Å². The first kappa shape index (κ1) is 16.3. The standard InChI is InChI=1S/C17H25ClN2O/c1-13-10-14(2)12-15(11-13)19-17(21)16-6-3-4-8-20(16)9-5-7-18/h10-12,16H,3-9H2,1-2H3,(H,19,21). The van der Waals surface area contributed by atoms with E-state index in [0.717, 1.165) is 38.0 Å². The predicted octanol–water partition coefficient (Wildman–Crippen LogP) is 3.73. The first-order chi connectivity index (χ1) is 10.1. The Labute approximate surface area is 132 Å². The van der Waals surface area contributed by atoms with Gasteiger partial charge in [-0.15, -0.1) is 11.6 Å². The molecule has 1 aliphatic heterocycles. The summed E-state index contributed by atoms with van der Waals surface area (Å²) < 4.78 is 0. The number of hydrogen-bond donors (Lipinski definition) is 1. The molecule has 21 heavy (non-hydrogen) atoms. The smallest absolute Gasteiger partial charge is 0.241 e. The molecule has 1 aliphatic rings. The number of carbonyl (C=O) groups is 1. The minimum Gasteiger partial charge on any atom is -0.325 e. The summed E-state index contributed by atoms with van der Waals surface area (Å²) in [6.45, 7) is 6.02. The van der Waals surface area contributed by atoms with Crippen LogP contribution in [0.2, 0.25) is 0 Å². The SMILES string of the molecule is Cc1cc(C)cc(NC(=O)C2CCCCN2CCCCl)c1. The van der Waals surface area contributed by atoms with Crippen LogP contribution in [0.15, 0.2) is 18.2 Å². The summed E-state index contributed by atoms with van der Waals surface area (Å²) in [6.07, 6.45) is 4.19. The Morgan fingerprint density at radius 2 is 2.00 bits per heavy atom. The van der Waals surface area contributed by atoms with E-state index in [2.05, 4.69) is 30.1 Å². The molecular formula is C17H25ClN2O. The van der Waals surface area contributed by atoms with Gasteiger partial charge in [0.25, 0.3) is 0 Å². The normalized spacial score (nSPS) is 19.5. The third kappa shape index (κ3) is 4.72. The Morgan fingerprint density at radius 3 is 2.67 bits per heavy atom. The summed E-state index contributed by atoms with van der Waals surface area (Å²) in [7, 11) is 0. The van der Waals surface area contributed by atoms with E-state index in [4.69, 9.17) is 11.6 Å². The monoisotopic (exact) mass is 308 g/mol. The molecule has 1 aromatic rings. The molecule has 1 saturated heterocycles. The maximum atomic E-state index is 12.6. The highest BCUT2D eigenvalue weighted by molar-refractivity contribution is 6.17. The van der Waals surface area contributed by atoms with Crippen molar-refractivity contribution >= 4 is 23.2 Å². The number of likely N-dealkylation sites (tertiary alicyclic amines) is 1. The minimum absolute atomic E-state index is 0.0113. The van der Waals surface area contributed by atoms with Crippen molar-refractivity contribution in [1.29, 1.82) is 0 Å². The van der Waals surface area contributed by atoms with Crippen molar-refractivity contribution in [1.82, 2.24) is 4.90 Å². The zero-order valence-corrected chi connectivity index (χ0v) is 13.7. The molecule has 0 spiro atoms. The number of benzene rings is 1. The second kappa shape index (κ2) is 7.81. The summed E-state index contributed by atoms with van der Waals surface area (Å²) in [5.41, 5.74) is 3.25. The van der Waals surface area contributed by atoms with Crippen LogP contribution in [0.4, 0.5) is 5.69 Å². The van der Waals surface area contributed by atoms with Gasteiger partial charge in [-0.25, -0.2) is 0 Å². The third-order valence-electron chi connectivity index (χ3n) is 3.98. The number of carbonyl (C=O) groups excluding carboxylic acids is 1. The second-order valence-corrected chi connectivity index (χ2v) is 6.33. The van der Waals surface area contributed by atoms with Crippen LogP contribution in [0.1, 0.15) is 36.8 Å². The van der Waals surface area contributed by atoms with Crippen LogP contribution in [0.5, 0.6) is 0 Å². The van der Waals surface area contributed by atoms with Gasteiger partial charge >= 0.3 is 0 Å². The third-order valence-corrected chi connectivity index (χ3v) is 4.25. The Bertz CT molecular complexity index is 469. The number of nitrogens with zero attached hydrogens (tertiary/aromatic N) is 1. The van der Waals surface area contributed by atoms with E-state index in [1.807, 2.05) is 12.1 Å². The number of alkyl halides is 1. The van der Waals surface area contributed by atoms with Crippen molar-refractivity contribution in [3.8, 4) is 0 Å². The number of rotatable bonds is 5. The van der Waals surface area contributed by atoms with Gasteiger partial charge < -0.3 is 5.32 Å². The van der Waals surface area contributed by atoms with Crippen molar-refractivity contribution in [3.63, 3.8) is 0 Å². The zero-order chi connectivity index (χ0) is 15.2. The van der Waals surface area contributed by atoms with Crippen molar-refractivity contribution in [2.45, 2.75) is 45.6 Å². The summed E-state index contributed by atoms with van der Waals surface area (Å²) in [5, 5.41) is 3.09. The van der Waals surface area contributed by atoms with Crippen molar-refractivity contribution in [3.05, 3.63) is 29.3 Å². The lowest BCUT2D eigenvalue weighted by atomic mass is 10.0. The van der Waals surface area contributed by atoms with Gasteiger partial charge in [-0.05, 0) is 62.9 Å². The van der Waals surface area contributed by atoms with Gasteiger partial charge in [0.15, 0.2) is 0 Å². The van der Waals surface area contributed by atoms with Gasteiger partial charge in [0.05, 0.1) is 6.04 Å². The van der Waals surface area contributed by atoms with Gasteiger partial charge in [-0.1, -0.05) is 12.5 Å².